The van der Waals surface area contributed by atoms with Gasteiger partial charge in [0.05, 0.1) is 0 Å². The van der Waals surface area contributed by atoms with E-state index in [2.05, 4.69) is 10.2 Å². The minimum absolute atomic E-state index is 0.141. The number of hydrogen-bond donors (Lipinski definition) is 1. The molecule has 3 aliphatic heterocycles. The Labute approximate surface area is 176 Å². The number of nitrogens with one attached hydrogen (secondary N) is 1. The molecule has 3 atom stereocenters. The molecule has 0 radical (unpaired) electrons. The van der Waals surface area contributed by atoms with E-state index < -0.39 is 6.04 Å². The standard InChI is InChI=1S/C23H29N3O4/c27-21-10-9-19(22(28)24-21)26-14-15-13-16(7-8-17(15)23(26)29)30-20-6-4-5-18(20)25-11-2-1-3-12-25/h7-8,13,18-20H,1-6,9-12,14H2,(H,24,27,28)/t18-,19?,20?/m1/s1. The van der Waals surface area contributed by atoms with Gasteiger partial charge < -0.3 is 9.64 Å². The van der Waals surface area contributed by atoms with Crippen LogP contribution in [-0.2, 0) is 16.1 Å². The van der Waals surface area contributed by atoms with Gasteiger partial charge in [0, 0.05) is 24.6 Å². The van der Waals surface area contributed by atoms with Crippen LogP contribution in [0.1, 0.15) is 67.3 Å². The van der Waals surface area contributed by atoms with Gasteiger partial charge in [0.1, 0.15) is 17.9 Å². The highest BCUT2D eigenvalue weighted by molar-refractivity contribution is 6.05. The van der Waals surface area contributed by atoms with Crippen molar-refractivity contribution in [1.29, 1.82) is 0 Å². The number of likely N-dealkylation sites (tertiary alicyclic amines) is 1. The molecule has 1 saturated carbocycles. The summed E-state index contributed by atoms with van der Waals surface area (Å²) in [5.74, 6) is 0.0221. The van der Waals surface area contributed by atoms with Crippen molar-refractivity contribution in [1.82, 2.24) is 15.1 Å². The molecule has 1 aromatic carbocycles. The molecule has 0 bridgehead atoms. The van der Waals surface area contributed by atoms with E-state index in [0.717, 1.165) is 17.7 Å². The summed E-state index contributed by atoms with van der Waals surface area (Å²) in [6.07, 6.45) is 8.19. The van der Waals surface area contributed by atoms with E-state index in [1.807, 2.05) is 18.2 Å². The monoisotopic (exact) mass is 411 g/mol. The number of benzene rings is 1. The molecule has 1 aromatic rings. The number of carbonyl (C=O) groups is 3. The summed E-state index contributed by atoms with van der Waals surface area (Å²) in [6.45, 7) is 2.73. The van der Waals surface area contributed by atoms with Crippen LogP contribution in [0.4, 0.5) is 0 Å². The topological polar surface area (TPSA) is 79.0 Å². The summed E-state index contributed by atoms with van der Waals surface area (Å²) >= 11 is 0. The molecule has 4 aliphatic rings. The van der Waals surface area contributed by atoms with Crippen LogP contribution in [0.3, 0.4) is 0 Å². The lowest BCUT2D eigenvalue weighted by Gasteiger charge is -2.35. The Morgan fingerprint density at radius 2 is 1.80 bits per heavy atom. The number of rotatable bonds is 4. The van der Waals surface area contributed by atoms with Gasteiger partial charge in [-0.2, -0.15) is 0 Å². The van der Waals surface area contributed by atoms with Gasteiger partial charge in [0.2, 0.25) is 11.8 Å². The molecule has 7 heteroatoms. The highest BCUT2D eigenvalue weighted by atomic mass is 16.5. The van der Waals surface area contributed by atoms with Crippen LogP contribution in [0.25, 0.3) is 0 Å². The van der Waals surface area contributed by atoms with Crippen molar-refractivity contribution in [2.75, 3.05) is 13.1 Å². The number of hydrogen-bond acceptors (Lipinski definition) is 5. The van der Waals surface area contributed by atoms with Gasteiger partial charge in [-0.25, -0.2) is 0 Å². The molecule has 3 heterocycles. The maximum Gasteiger partial charge on any atom is 0.255 e. The summed E-state index contributed by atoms with van der Waals surface area (Å²) in [4.78, 5) is 40.7. The molecule has 3 fully saturated rings. The molecule has 7 nitrogen and oxygen atoms in total. The van der Waals surface area contributed by atoms with Gasteiger partial charge in [-0.15, -0.1) is 0 Å². The molecule has 30 heavy (non-hydrogen) atoms. The second-order valence-corrected chi connectivity index (χ2v) is 8.97. The lowest BCUT2D eigenvalue weighted by molar-refractivity contribution is -0.136. The van der Waals surface area contributed by atoms with E-state index in [0.29, 0.717) is 24.6 Å². The van der Waals surface area contributed by atoms with Gasteiger partial charge in [-0.3, -0.25) is 24.6 Å². The fourth-order valence-electron chi connectivity index (χ4n) is 5.51. The molecule has 3 amide bonds. The largest absolute Gasteiger partial charge is 0.489 e. The normalized spacial score (nSPS) is 29.8. The lowest BCUT2D eigenvalue weighted by atomic mass is 10.0. The molecule has 1 aliphatic carbocycles. The zero-order chi connectivity index (χ0) is 20.7. The minimum atomic E-state index is -0.578. The van der Waals surface area contributed by atoms with Crippen LogP contribution in [0.15, 0.2) is 18.2 Å². The zero-order valence-corrected chi connectivity index (χ0v) is 17.3. The Balaban J connectivity index is 1.28. The summed E-state index contributed by atoms with van der Waals surface area (Å²) in [5.41, 5.74) is 1.53. The molecule has 1 N–H and O–H groups in total. The second kappa shape index (κ2) is 8.02. The van der Waals surface area contributed by atoms with E-state index in [-0.39, 0.29) is 30.2 Å². The number of fused-ring (bicyclic) bond motifs is 1. The van der Waals surface area contributed by atoms with Crippen molar-refractivity contribution < 1.29 is 19.1 Å². The smallest absolute Gasteiger partial charge is 0.255 e. The molecular weight excluding hydrogens is 382 g/mol. The number of ether oxygens (including phenoxy) is 1. The van der Waals surface area contributed by atoms with E-state index in [4.69, 9.17) is 4.74 Å². The molecule has 2 saturated heterocycles. The van der Waals surface area contributed by atoms with Crippen molar-refractivity contribution in [3.05, 3.63) is 29.3 Å². The third-order valence-corrected chi connectivity index (χ3v) is 7.06. The van der Waals surface area contributed by atoms with Crippen molar-refractivity contribution in [2.45, 2.75) is 76.1 Å². The molecule has 5 rings (SSSR count). The van der Waals surface area contributed by atoms with Gasteiger partial charge in [0.25, 0.3) is 5.91 Å². The Morgan fingerprint density at radius 1 is 0.967 bits per heavy atom. The number of imide groups is 1. The van der Waals surface area contributed by atoms with Crippen LogP contribution in [0.2, 0.25) is 0 Å². The average molecular weight is 412 g/mol. The van der Waals surface area contributed by atoms with Crippen LogP contribution >= 0.6 is 0 Å². The van der Waals surface area contributed by atoms with Gasteiger partial charge in [-0.1, -0.05) is 6.42 Å². The first-order valence-corrected chi connectivity index (χ1v) is 11.3. The Morgan fingerprint density at radius 3 is 2.60 bits per heavy atom. The summed E-state index contributed by atoms with van der Waals surface area (Å²) in [5, 5.41) is 2.35. The average Bonchev–Trinajstić information content (AvgIpc) is 3.33. The molecule has 0 aromatic heterocycles. The van der Waals surface area contributed by atoms with Crippen molar-refractivity contribution in [3.63, 3.8) is 0 Å². The number of carbonyl (C=O) groups excluding carboxylic acids is 3. The van der Waals surface area contributed by atoms with E-state index >= 15 is 0 Å². The summed E-state index contributed by atoms with van der Waals surface area (Å²) < 4.78 is 6.42. The highest BCUT2D eigenvalue weighted by Gasteiger charge is 2.39. The Bertz CT molecular complexity index is 864. The third-order valence-electron chi connectivity index (χ3n) is 7.06. The predicted octanol–water partition coefficient (Wildman–Crippen LogP) is 2.23. The minimum Gasteiger partial charge on any atom is -0.489 e. The van der Waals surface area contributed by atoms with Gasteiger partial charge in [0.15, 0.2) is 0 Å². The lowest BCUT2D eigenvalue weighted by Crippen LogP contribution is -2.52. The molecular formula is C23H29N3O4. The van der Waals surface area contributed by atoms with Crippen LogP contribution in [0.5, 0.6) is 5.75 Å². The van der Waals surface area contributed by atoms with Crippen LogP contribution in [0, 0.1) is 0 Å². The number of amides is 3. The number of piperidine rings is 2. The van der Waals surface area contributed by atoms with Gasteiger partial charge in [-0.05, 0) is 75.4 Å². The van der Waals surface area contributed by atoms with Crippen LogP contribution in [-0.4, -0.2) is 58.8 Å². The SMILES string of the molecule is O=C1CCC(N2Cc3cc(OC4CCC[C@H]4N4CCCCC4)ccc3C2=O)C(=O)N1. The molecule has 0 spiro atoms. The van der Waals surface area contributed by atoms with Gasteiger partial charge >= 0.3 is 0 Å². The summed E-state index contributed by atoms with van der Waals surface area (Å²) in [6, 6.07) is 5.58. The maximum atomic E-state index is 12.9. The maximum absolute atomic E-state index is 12.9. The van der Waals surface area contributed by atoms with Crippen LogP contribution < -0.4 is 10.1 Å². The highest BCUT2D eigenvalue weighted by Crippen LogP contribution is 2.33. The first-order chi connectivity index (χ1) is 14.6. The fourth-order valence-corrected chi connectivity index (χ4v) is 5.51. The first kappa shape index (κ1) is 19.5. The molecule has 160 valence electrons. The van der Waals surface area contributed by atoms with Crippen molar-refractivity contribution >= 4 is 17.7 Å². The first-order valence-electron chi connectivity index (χ1n) is 11.3. The zero-order valence-electron chi connectivity index (χ0n) is 17.3. The van der Waals surface area contributed by atoms with Crippen molar-refractivity contribution in [2.24, 2.45) is 0 Å². The second-order valence-electron chi connectivity index (χ2n) is 8.97. The van der Waals surface area contributed by atoms with E-state index in [9.17, 15) is 14.4 Å². The Kier molecular flexibility index (Phi) is 5.23. The fraction of sp³-hybridized carbons (Fsp3) is 0.609. The number of nitrogens with zero attached hydrogens (tertiary/aromatic N) is 2. The summed E-state index contributed by atoms with van der Waals surface area (Å²) in [7, 11) is 0. The predicted molar refractivity (Wildman–Crippen MR) is 110 cm³/mol. The Hall–Kier alpha value is -2.41. The van der Waals surface area contributed by atoms with E-state index in [1.165, 1.54) is 45.2 Å². The van der Waals surface area contributed by atoms with Crippen molar-refractivity contribution in [3.8, 4) is 5.75 Å². The van der Waals surface area contributed by atoms with E-state index in [1.54, 1.807) is 4.90 Å². The third kappa shape index (κ3) is 3.60. The quantitative estimate of drug-likeness (QED) is 0.769. The molecule has 2 unspecified atom stereocenters.